The van der Waals surface area contributed by atoms with Gasteiger partial charge in [0, 0.05) is 18.7 Å². The quantitative estimate of drug-likeness (QED) is 0.918. The van der Waals surface area contributed by atoms with E-state index < -0.39 is 5.41 Å². The minimum atomic E-state index is -0.663. The summed E-state index contributed by atoms with van der Waals surface area (Å²) in [4.78, 5) is 12.5. The number of halogens is 1. The predicted octanol–water partition coefficient (Wildman–Crippen LogP) is 2.54. The van der Waals surface area contributed by atoms with Crippen molar-refractivity contribution in [1.29, 1.82) is 0 Å². The van der Waals surface area contributed by atoms with Crippen LogP contribution in [-0.2, 0) is 14.9 Å². The van der Waals surface area contributed by atoms with Crippen LogP contribution in [0.4, 0.5) is 4.39 Å². The van der Waals surface area contributed by atoms with Crippen LogP contribution in [0.5, 0.6) is 0 Å². The molecule has 1 aliphatic heterocycles. The highest BCUT2D eigenvalue weighted by Crippen LogP contribution is 2.44. The molecular weight excluding hydrogens is 257 g/mol. The van der Waals surface area contributed by atoms with Crippen LogP contribution in [0.25, 0.3) is 0 Å². The van der Waals surface area contributed by atoms with Crippen molar-refractivity contribution < 1.29 is 13.9 Å². The van der Waals surface area contributed by atoms with Crippen LogP contribution >= 0.6 is 0 Å². The Bertz CT molecular complexity index is 493. The third kappa shape index (κ3) is 2.33. The Hall–Kier alpha value is -1.42. The summed E-state index contributed by atoms with van der Waals surface area (Å²) in [5, 5.41) is 2.96. The van der Waals surface area contributed by atoms with Crippen LogP contribution < -0.4 is 5.32 Å². The minimum Gasteiger partial charge on any atom is -0.376 e. The van der Waals surface area contributed by atoms with E-state index in [9.17, 15) is 9.18 Å². The van der Waals surface area contributed by atoms with Crippen molar-refractivity contribution in [1.82, 2.24) is 5.32 Å². The molecule has 2 aliphatic rings. The summed E-state index contributed by atoms with van der Waals surface area (Å²) >= 11 is 0. The number of hydrogen-bond donors (Lipinski definition) is 1. The molecule has 3 nitrogen and oxygen atoms in total. The number of nitrogens with one attached hydrogen (secondary N) is 1. The highest BCUT2D eigenvalue weighted by atomic mass is 19.1. The van der Waals surface area contributed by atoms with Gasteiger partial charge in [0.1, 0.15) is 5.82 Å². The van der Waals surface area contributed by atoms with Crippen molar-refractivity contribution >= 4 is 5.91 Å². The SMILES string of the molecule is O=C(NCC1CCCO1)C1(c2ccccc2F)CCC1. The van der Waals surface area contributed by atoms with E-state index in [1.165, 1.54) is 6.07 Å². The Morgan fingerprint density at radius 1 is 1.35 bits per heavy atom. The summed E-state index contributed by atoms with van der Waals surface area (Å²) in [6, 6.07) is 6.63. The number of carbonyl (C=O) groups is 1. The van der Waals surface area contributed by atoms with E-state index in [4.69, 9.17) is 4.74 Å². The molecule has 1 unspecified atom stereocenters. The van der Waals surface area contributed by atoms with E-state index >= 15 is 0 Å². The van der Waals surface area contributed by atoms with Crippen molar-refractivity contribution in [3.05, 3.63) is 35.6 Å². The summed E-state index contributed by atoms with van der Waals surface area (Å²) in [7, 11) is 0. The largest absolute Gasteiger partial charge is 0.376 e. The number of rotatable bonds is 4. The first-order valence-electron chi connectivity index (χ1n) is 7.37. The van der Waals surface area contributed by atoms with Crippen molar-refractivity contribution in [3.63, 3.8) is 0 Å². The van der Waals surface area contributed by atoms with Gasteiger partial charge in [-0.3, -0.25) is 4.79 Å². The maximum Gasteiger partial charge on any atom is 0.230 e. The summed E-state index contributed by atoms with van der Waals surface area (Å²) in [6.07, 6.45) is 4.60. The van der Waals surface area contributed by atoms with Crippen LogP contribution in [0.1, 0.15) is 37.7 Å². The number of benzene rings is 1. The third-order valence-corrected chi connectivity index (χ3v) is 4.55. The van der Waals surface area contributed by atoms with Gasteiger partial charge in [0.05, 0.1) is 11.5 Å². The molecule has 1 saturated heterocycles. The molecule has 0 radical (unpaired) electrons. The smallest absolute Gasteiger partial charge is 0.230 e. The molecule has 1 atom stereocenters. The molecule has 1 aromatic rings. The lowest BCUT2D eigenvalue weighted by atomic mass is 9.63. The zero-order valence-corrected chi connectivity index (χ0v) is 11.5. The average Bonchev–Trinajstić information content (AvgIpc) is 2.90. The Balaban J connectivity index is 1.72. The predicted molar refractivity (Wildman–Crippen MR) is 73.9 cm³/mol. The van der Waals surface area contributed by atoms with Gasteiger partial charge in [-0.15, -0.1) is 0 Å². The fourth-order valence-corrected chi connectivity index (χ4v) is 3.18. The monoisotopic (exact) mass is 277 g/mol. The molecule has 108 valence electrons. The van der Waals surface area contributed by atoms with Gasteiger partial charge in [-0.2, -0.15) is 0 Å². The van der Waals surface area contributed by atoms with Gasteiger partial charge in [0.15, 0.2) is 0 Å². The van der Waals surface area contributed by atoms with Crippen LogP contribution in [-0.4, -0.2) is 25.2 Å². The van der Waals surface area contributed by atoms with Gasteiger partial charge in [-0.25, -0.2) is 4.39 Å². The molecule has 1 saturated carbocycles. The maximum atomic E-state index is 14.0. The molecule has 1 amide bonds. The lowest BCUT2D eigenvalue weighted by molar-refractivity contribution is -0.130. The summed E-state index contributed by atoms with van der Waals surface area (Å²) in [5.74, 6) is -0.330. The lowest BCUT2D eigenvalue weighted by Gasteiger charge is -2.41. The number of ether oxygens (including phenoxy) is 1. The molecule has 2 fully saturated rings. The van der Waals surface area contributed by atoms with E-state index in [1.54, 1.807) is 18.2 Å². The molecule has 1 aliphatic carbocycles. The van der Waals surface area contributed by atoms with E-state index in [1.807, 2.05) is 0 Å². The minimum absolute atomic E-state index is 0.0515. The molecule has 0 spiro atoms. The molecule has 0 bridgehead atoms. The number of hydrogen-bond acceptors (Lipinski definition) is 2. The van der Waals surface area contributed by atoms with Crippen LogP contribution in [0.3, 0.4) is 0 Å². The molecule has 20 heavy (non-hydrogen) atoms. The second kappa shape index (κ2) is 5.52. The second-order valence-electron chi connectivity index (χ2n) is 5.76. The van der Waals surface area contributed by atoms with Crippen molar-refractivity contribution in [2.45, 2.75) is 43.6 Å². The Morgan fingerprint density at radius 3 is 2.75 bits per heavy atom. The highest BCUT2D eigenvalue weighted by Gasteiger charge is 2.47. The van der Waals surface area contributed by atoms with Gasteiger partial charge < -0.3 is 10.1 Å². The fourth-order valence-electron chi connectivity index (χ4n) is 3.18. The second-order valence-corrected chi connectivity index (χ2v) is 5.76. The number of carbonyl (C=O) groups excluding carboxylic acids is 1. The standard InChI is InChI=1S/C16H20FNO2/c17-14-7-2-1-6-13(14)16(8-4-9-16)15(19)18-11-12-5-3-10-20-12/h1-2,6-7,12H,3-5,8-11H2,(H,18,19). The molecular formula is C16H20FNO2. The van der Waals surface area contributed by atoms with E-state index in [2.05, 4.69) is 5.32 Å². The zero-order valence-electron chi connectivity index (χ0n) is 11.5. The van der Waals surface area contributed by atoms with Crippen molar-refractivity contribution in [3.8, 4) is 0 Å². The molecule has 0 aromatic heterocycles. The Morgan fingerprint density at radius 2 is 2.15 bits per heavy atom. The van der Waals surface area contributed by atoms with E-state index in [0.717, 1.165) is 38.7 Å². The molecule has 1 heterocycles. The van der Waals surface area contributed by atoms with Gasteiger partial charge in [0.2, 0.25) is 5.91 Å². The first-order chi connectivity index (χ1) is 9.72. The molecule has 1 N–H and O–H groups in total. The normalized spacial score (nSPS) is 24.1. The van der Waals surface area contributed by atoms with E-state index in [-0.39, 0.29) is 17.8 Å². The van der Waals surface area contributed by atoms with Gasteiger partial charge in [0.25, 0.3) is 0 Å². The highest BCUT2D eigenvalue weighted by molar-refractivity contribution is 5.89. The van der Waals surface area contributed by atoms with Crippen LogP contribution in [0.15, 0.2) is 24.3 Å². The van der Waals surface area contributed by atoms with Gasteiger partial charge in [-0.05, 0) is 31.7 Å². The zero-order chi connectivity index (χ0) is 14.0. The van der Waals surface area contributed by atoms with Gasteiger partial charge in [-0.1, -0.05) is 24.6 Å². The average molecular weight is 277 g/mol. The topological polar surface area (TPSA) is 38.3 Å². The Kier molecular flexibility index (Phi) is 3.74. The molecule has 4 heteroatoms. The number of amides is 1. The van der Waals surface area contributed by atoms with Crippen LogP contribution in [0, 0.1) is 5.82 Å². The van der Waals surface area contributed by atoms with Crippen molar-refractivity contribution in [2.24, 2.45) is 0 Å². The van der Waals surface area contributed by atoms with Gasteiger partial charge >= 0.3 is 0 Å². The van der Waals surface area contributed by atoms with Crippen molar-refractivity contribution in [2.75, 3.05) is 13.2 Å². The maximum absolute atomic E-state index is 14.0. The van der Waals surface area contributed by atoms with Crippen LogP contribution in [0.2, 0.25) is 0 Å². The van der Waals surface area contributed by atoms with E-state index in [0.29, 0.717) is 12.1 Å². The first kappa shape index (κ1) is 13.6. The Labute approximate surface area is 118 Å². The fraction of sp³-hybridized carbons (Fsp3) is 0.562. The summed E-state index contributed by atoms with van der Waals surface area (Å²) in [6.45, 7) is 1.31. The molecule has 3 rings (SSSR count). The molecule has 1 aromatic carbocycles. The first-order valence-corrected chi connectivity index (χ1v) is 7.37. The summed E-state index contributed by atoms with van der Waals surface area (Å²) in [5.41, 5.74) is -0.125. The third-order valence-electron chi connectivity index (χ3n) is 4.55. The summed E-state index contributed by atoms with van der Waals surface area (Å²) < 4.78 is 19.5. The lowest BCUT2D eigenvalue weighted by Crippen LogP contribution is -2.51.